The molecule has 0 amide bonds. The van der Waals surface area contributed by atoms with Crippen molar-refractivity contribution in [3.8, 4) is 0 Å². The minimum Gasteiger partial charge on any atom is -0.381 e. The summed E-state index contributed by atoms with van der Waals surface area (Å²) in [6.45, 7) is 2.73. The molecule has 1 saturated carbocycles. The van der Waals surface area contributed by atoms with Crippen molar-refractivity contribution in [2.24, 2.45) is 5.92 Å². The largest absolute Gasteiger partial charge is 0.381 e. The molecule has 22 heavy (non-hydrogen) atoms. The first-order valence-electron chi connectivity index (χ1n) is 8.85. The van der Waals surface area contributed by atoms with Crippen molar-refractivity contribution >= 4 is 0 Å². The molecule has 1 aromatic rings. The molecule has 0 aromatic carbocycles. The van der Waals surface area contributed by atoms with Crippen molar-refractivity contribution in [3.05, 3.63) is 33.7 Å². The Bertz CT molecular complexity index is 585. The number of nitrogens with zero attached hydrogens (tertiary/aromatic N) is 1. The van der Waals surface area contributed by atoms with Crippen LogP contribution < -0.4 is 10.9 Å². The zero-order chi connectivity index (χ0) is 14.9. The van der Waals surface area contributed by atoms with Gasteiger partial charge in [-0.15, -0.1) is 0 Å². The predicted octanol–water partition coefficient (Wildman–Crippen LogP) is 1.88. The molecule has 1 aromatic heterocycles. The van der Waals surface area contributed by atoms with Gasteiger partial charge in [-0.1, -0.05) is 6.07 Å². The minimum absolute atomic E-state index is 0.196. The van der Waals surface area contributed by atoms with Crippen LogP contribution in [0.2, 0.25) is 0 Å². The van der Waals surface area contributed by atoms with Gasteiger partial charge >= 0.3 is 0 Å². The van der Waals surface area contributed by atoms with Crippen molar-refractivity contribution in [2.75, 3.05) is 13.2 Å². The fourth-order valence-corrected chi connectivity index (χ4v) is 3.92. The maximum Gasteiger partial charge on any atom is 0.250 e. The molecule has 3 aliphatic rings. The Morgan fingerprint density at radius 2 is 1.91 bits per heavy atom. The molecule has 0 bridgehead atoms. The van der Waals surface area contributed by atoms with Crippen molar-refractivity contribution in [3.63, 3.8) is 0 Å². The lowest BCUT2D eigenvalue weighted by Crippen LogP contribution is -2.45. The monoisotopic (exact) mass is 302 g/mol. The normalized spacial score (nSPS) is 25.9. The Morgan fingerprint density at radius 3 is 2.68 bits per heavy atom. The van der Waals surface area contributed by atoms with E-state index in [1.165, 1.54) is 24.1 Å². The van der Waals surface area contributed by atoms with Crippen molar-refractivity contribution in [1.82, 2.24) is 9.88 Å². The number of hydrogen-bond acceptors (Lipinski definition) is 3. The van der Waals surface area contributed by atoms with Gasteiger partial charge in [0.05, 0.1) is 0 Å². The number of rotatable bonds is 4. The average molecular weight is 302 g/mol. The number of aromatic nitrogens is 1. The first-order valence-corrected chi connectivity index (χ1v) is 8.85. The number of fused-ring (bicyclic) bond motifs is 1. The summed E-state index contributed by atoms with van der Waals surface area (Å²) in [5.41, 5.74) is 2.89. The maximum absolute atomic E-state index is 12.2. The highest BCUT2D eigenvalue weighted by Crippen LogP contribution is 2.31. The van der Waals surface area contributed by atoms with E-state index in [9.17, 15) is 4.79 Å². The SMILES string of the molecule is O=c1ccc2c(n1CC1CC1)CC[C@@H](NC1CCOCC1)C2. The van der Waals surface area contributed by atoms with Crippen molar-refractivity contribution in [2.45, 2.75) is 63.6 Å². The molecule has 1 atom stereocenters. The van der Waals surface area contributed by atoms with E-state index < -0.39 is 0 Å². The molecule has 120 valence electrons. The third-order valence-electron chi connectivity index (χ3n) is 5.42. The van der Waals surface area contributed by atoms with Crippen LogP contribution in [0.1, 0.15) is 43.4 Å². The molecule has 2 fully saturated rings. The van der Waals surface area contributed by atoms with Gasteiger partial charge in [-0.3, -0.25) is 4.79 Å². The van der Waals surface area contributed by atoms with E-state index in [0.717, 1.165) is 57.8 Å². The second-order valence-electron chi connectivity index (χ2n) is 7.19. The molecule has 2 heterocycles. The smallest absolute Gasteiger partial charge is 0.250 e. The third kappa shape index (κ3) is 3.13. The summed E-state index contributed by atoms with van der Waals surface area (Å²) in [6.07, 6.45) is 8.11. The lowest BCUT2D eigenvalue weighted by atomic mass is 9.90. The Kier molecular flexibility index (Phi) is 4.05. The Hall–Kier alpha value is -1.13. The highest BCUT2D eigenvalue weighted by Gasteiger charge is 2.27. The van der Waals surface area contributed by atoms with Gasteiger partial charge in [0.15, 0.2) is 0 Å². The van der Waals surface area contributed by atoms with Gasteiger partial charge in [0.2, 0.25) is 0 Å². The zero-order valence-corrected chi connectivity index (χ0v) is 13.2. The zero-order valence-electron chi connectivity index (χ0n) is 13.2. The number of pyridine rings is 1. The Labute approximate surface area is 131 Å². The molecule has 0 unspecified atom stereocenters. The molecule has 4 nitrogen and oxygen atoms in total. The number of hydrogen-bond donors (Lipinski definition) is 1. The summed E-state index contributed by atoms with van der Waals surface area (Å²) in [6, 6.07) is 5.01. The molecule has 0 spiro atoms. The van der Waals surface area contributed by atoms with Gasteiger partial charge in [-0.25, -0.2) is 0 Å². The van der Waals surface area contributed by atoms with Crippen LogP contribution in [0.4, 0.5) is 0 Å². The second-order valence-corrected chi connectivity index (χ2v) is 7.19. The standard InChI is InChI=1S/C18H26N2O2/c21-18-6-3-14-11-16(19-15-7-9-22-10-8-15)4-5-17(14)20(18)12-13-1-2-13/h3,6,13,15-16,19H,1-2,4-5,7-12H2/t16-/m1/s1. The molecule has 1 aliphatic heterocycles. The van der Waals surface area contributed by atoms with Crippen LogP contribution in [-0.4, -0.2) is 29.9 Å². The molecule has 4 heteroatoms. The van der Waals surface area contributed by atoms with Gasteiger partial charge in [0, 0.05) is 43.6 Å². The lowest BCUT2D eigenvalue weighted by Gasteiger charge is -2.32. The fourth-order valence-electron chi connectivity index (χ4n) is 3.92. The van der Waals surface area contributed by atoms with E-state index in [1.807, 2.05) is 0 Å². The summed E-state index contributed by atoms with van der Waals surface area (Å²) in [4.78, 5) is 12.2. The topological polar surface area (TPSA) is 43.3 Å². The van der Waals surface area contributed by atoms with Gasteiger partial charge in [-0.2, -0.15) is 0 Å². The average Bonchev–Trinajstić information content (AvgIpc) is 3.35. The van der Waals surface area contributed by atoms with E-state index in [-0.39, 0.29) is 5.56 Å². The molecular weight excluding hydrogens is 276 g/mol. The van der Waals surface area contributed by atoms with E-state index in [0.29, 0.717) is 12.1 Å². The van der Waals surface area contributed by atoms with Gasteiger partial charge < -0.3 is 14.6 Å². The number of nitrogens with one attached hydrogen (secondary N) is 1. The van der Waals surface area contributed by atoms with Crippen LogP contribution in [0.5, 0.6) is 0 Å². The first kappa shape index (κ1) is 14.5. The predicted molar refractivity (Wildman–Crippen MR) is 86.2 cm³/mol. The van der Waals surface area contributed by atoms with E-state index in [4.69, 9.17) is 4.74 Å². The second kappa shape index (κ2) is 6.17. The quantitative estimate of drug-likeness (QED) is 0.923. The molecule has 4 rings (SSSR count). The highest BCUT2D eigenvalue weighted by atomic mass is 16.5. The van der Waals surface area contributed by atoms with E-state index >= 15 is 0 Å². The van der Waals surface area contributed by atoms with Gasteiger partial charge in [0.25, 0.3) is 5.56 Å². The summed E-state index contributed by atoms with van der Waals surface area (Å²) < 4.78 is 7.51. The molecular formula is C18H26N2O2. The highest BCUT2D eigenvalue weighted by molar-refractivity contribution is 5.26. The lowest BCUT2D eigenvalue weighted by molar-refractivity contribution is 0.0742. The van der Waals surface area contributed by atoms with Crippen LogP contribution in [0.15, 0.2) is 16.9 Å². The van der Waals surface area contributed by atoms with E-state index in [1.54, 1.807) is 6.07 Å². The maximum atomic E-state index is 12.2. The van der Waals surface area contributed by atoms with Crippen molar-refractivity contribution in [1.29, 1.82) is 0 Å². The van der Waals surface area contributed by atoms with Gasteiger partial charge in [-0.05, 0) is 56.4 Å². The fraction of sp³-hybridized carbons (Fsp3) is 0.722. The van der Waals surface area contributed by atoms with Gasteiger partial charge in [0.1, 0.15) is 0 Å². The van der Waals surface area contributed by atoms with Crippen LogP contribution in [-0.2, 0) is 24.1 Å². The molecule has 0 radical (unpaired) electrons. The molecule has 1 N–H and O–H groups in total. The number of ether oxygens (including phenoxy) is 1. The van der Waals surface area contributed by atoms with Crippen molar-refractivity contribution < 1.29 is 4.74 Å². The van der Waals surface area contributed by atoms with Crippen LogP contribution in [0.3, 0.4) is 0 Å². The van der Waals surface area contributed by atoms with Crippen LogP contribution in [0, 0.1) is 5.92 Å². The molecule has 2 aliphatic carbocycles. The summed E-state index contributed by atoms with van der Waals surface area (Å²) in [5, 5.41) is 3.82. The van der Waals surface area contributed by atoms with E-state index in [2.05, 4.69) is 16.0 Å². The summed E-state index contributed by atoms with van der Waals surface area (Å²) in [5.74, 6) is 0.752. The minimum atomic E-state index is 0.196. The van der Waals surface area contributed by atoms with Crippen LogP contribution in [0.25, 0.3) is 0 Å². The Balaban J connectivity index is 1.47. The summed E-state index contributed by atoms with van der Waals surface area (Å²) >= 11 is 0. The molecule has 1 saturated heterocycles. The summed E-state index contributed by atoms with van der Waals surface area (Å²) in [7, 11) is 0. The first-order chi connectivity index (χ1) is 10.8. The Morgan fingerprint density at radius 1 is 1.09 bits per heavy atom. The van der Waals surface area contributed by atoms with Crippen LogP contribution >= 0.6 is 0 Å². The third-order valence-corrected chi connectivity index (χ3v) is 5.42.